The van der Waals surface area contributed by atoms with Gasteiger partial charge in [0, 0.05) is 24.3 Å². The lowest BCUT2D eigenvalue weighted by Gasteiger charge is -2.41. The molecule has 3 aromatic rings. The molecule has 1 unspecified atom stereocenters. The molecule has 1 saturated carbocycles. The number of halogens is 3. The second-order valence-corrected chi connectivity index (χ2v) is 22.9. The van der Waals surface area contributed by atoms with Gasteiger partial charge in [0.25, 0.3) is 15.9 Å². The molecule has 1 saturated heterocycles. The lowest BCUT2D eigenvalue weighted by molar-refractivity contribution is -0.215. The average molecular weight is 750 g/mol. The van der Waals surface area contributed by atoms with Crippen molar-refractivity contribution in [3.8, 4) is 11.7 Å². The van der Waals surface area contributed by atoms with Gasteiger partial charge in [0.1, 0.15) is 12.4 Å². The predicted molar refractivity (Wildman–Crippen MR) is 192 cm³/mol. The molecule has 0 bridgehead atoms. The summed E-state index contributed by atoms with van der Waals surface area (Å²) in [6.45, 7) is 18.4. The van der Waals surface area contributed by atoms with E-state index in [0.29, 0.717) is 12.4 Å². The van der Waals surface area contributed by atoms with Crippen molar-refractivity contribution in [3.63, 3.8) is 0 Å². The molecule has 51 heavy (non-hydrogen) atoms. The van der Waals surface area contributed by atoms with Gasteiger partial charge in [-0.15, -0.1) is 5.10 Å². The second-order valence-electron chi connectivity index (χ2n) is 16.5. The van der Waals surface area contributed by atoms with Crippen LogP contribution in [0.2, 0.25) is 18.1 Å². The maximum atomic E-state index is 14.3. The number of nitrogens with zero attached hydrogens (tertiary/aromatic N) is 4. The monoisotopic (exact) mass is 749 g/mol. The molecule has 10 nitrogen and oxygen atoms in total. The van der Waals surface area contributed by atoms with Gasteiger partial charge in [-0.2, -0.15) is 13.2 Å². The largest absolute Gasteiger partial charge is 0.474 e. The van der Waals surface area contributed by atoms with Crippen LogP contribution in [-0.4, -0.2) is 68.4 Å². The molecule has 15 heteroatoms. The van der Waals surface area contributed by atoms with Crippen LogP contribution < -0.4 is 14.4 Å². The Morgan fingerprint density at radius 2 is 1.69 bits per heavy atom. The number of aromatic nitrogens is 3. The number of sulfonamides is 1. The Labute approximate surface area is 300 Å². The van der Waals surface area contributed by atoms with Gasteiger partial charge in [0.05, 0.1) is 22.0 Å². The normalized spacial score (nSPS) is 21.0. The third-order valence-corrected chi connectivity index (χ3v) is 16.9. The van der Waals surface area contributed by atoms with E-state index in [1.54, 1.807) is 36.5 Å². The number of rotatable bonds is 12. The fraction of sp³-hybridized carbons (Fsp3) is 0.583. The van der Waals surface area contributed by atoms with Gasteiger partial charge in [-0.05, 0) is 87.3 Å². The number of nitrogens with one attached hydrogen (secondary N) is 1. The first kappa shape index (κ1) is 38.8. The van der Waals surface area contributed by atoms with Gasteiger partial charge >= 0.3 is 6.18 Å². The summed E-state index contributed by atoms with van der Waals surface area (Å²) in [5, 5.41) is 4.18. The van der Waals surface area contributed by atoms with Gasteiger partial charge in [-0.3, -0.25) is 4.79 Å². The van der Waals surface area contributed by atoms with Crippen LogP contribution in [0.15, 0.2) is 59.6 Å². The number of alkyl halides is 3. The van der Waals surface area contributed by atoms with Crippen molar-refractivity contribution in [1.29, 1.82) is 0 Å². The highest BCUT2D eigenvalue weighted by Crippen LogP contribution is 2.61. The van der Waals surface area contributed by atoms with Crippen molar-refractivity contribution in [3.05, 3.63) is 60.3 Å². The topological polar surface area (TPSA) is 116 Å². The highest BCUT2D eigenvalue weighted by Gasteiger charge is 2.69. The van der Waals surface area contributed by atoms with E-state index in [-0.39, 0.29) is 52.1 Å². The molecular formula is C36H50F3N5O5SSi. The highest BCUT2D eigenvalue weighted by atomic mass is 32.2. The third kappa shape index (κ3) is 7.85. The molecule has 1 aliphatic heterocycles. The smallest absolute Gasteiger partial charge is 0.397 e. The number of carbonyl (C=O) groups excluding carboxylic acids is 1. The van der Waals surface area contributed by atoms with E-state index in [2.05, 4.69) is 37.5 Å². The predicted octanol–water partition coefficient (Wildman–Crippen LogP) is 7.90. The lowest BCUT2D eigenvalue weighted by atomic mass is 9.82. The SMILES string of the molecule is CC[C@]1(C)CN(c2nc(-n3ccc(OCC(O[Si](C)(C)C(C)(C)C)C4(C(F)(F)F)CC4)n3)ccc2C(=O)NS(=O)(=O)c2ccccc2)C(C)(C)C1. The van der Waals surface area contributed by atoms with E-state index in [9.17, 15) is 26.4 Å². The summed E-state index contributed by atoms with van der Waals surface area (Å²) in [6.07, 6.45) is -2.40. The summed E-state index contributed by atoms with van der Waals surface area (Å²) in [4.78, 5) is 20.5. The van der Waals surface area contributed by atoms with Gasteiger partial charge in [0.2, 0.25) is 5.88 Å². The standard InChI is InChI=1S/C36H50F3N5O5SSi/c1-10-34(7)23-33(5,6)43(24-34)30-26(31(45)42-50(46,47)25-14-12-11-13-15-25)16-17-28(40-30)44-21-18-29(41-44)48-22-27(35(19-20-35)36(37,38)39)49-51(8,9)32(2,3)4/h11-18,21,27H,10,19-20,22-24H2,1-9H3,(H,42,45)/t27?,34-/m0/s1. The summed E-state index contributed by atoms with van der Waals surface area (Å²) in [5.74, 6) is -0.135. The fourth-order valence-electron chi connectivity index (χ4n) is 6.61. The van der Waals surface area contributed by atoms with Gasteiger partial charge < -0.3 is 14.1 Å². The summed E-state index contributed by atoms with van der Waals surface area (Å²) >= 11 is 0. The van der Waals surface area contributed by atoms with E-state index >= 15 is 0 Å². The molecule has 5 rings (SSSR count). The zero-order valence-electron chi connectivity index (χ0n) is 30.9. The van der Waals surface area contributed by atoms with Gasteiger partial charge in [-0.25, -0.2) is 22.8 Å². The lowest BCUT2D eigenvalue weighted by Crippen LogP contribution is -2.51. The molecule has 2 fully saturated rings. The molecule has 1 aromatic carbocycles. The minimum absolute atomic E-state index is 0.0171. The van der Waals surface area contributed by atoms with Crippen molar-refractivity contribution in [2.45, 2.75) is 115 Å². The average Bonchev–Trinajstić information content (AvgIpc) is 3.65. The van der Waals surface area contributed by atoms with E-state index in [4.69, 9.17) is 14.1 Å². The summed E-state index contributed by atoms with van der Waals surface area (Å²) < 4.78 is 85.0. The van der Waals surface area contributed by atoms with Crippen LogP contribution in [0.25, 0.3) is 5.82 Å². The Bertz CT molecular complexity index is 1860. The van der Waals surface area contributed by atoms with Gasteiger partial charge in [-0.1, -0.05) is 52.8 Å². The molecule has 3 heterocycles. The highest BCUT2D eigenvalue weighted by molar-refractivity contribution is 7.90. The quantitative estimate of drug-likeness (QED) is 0.186. The number of pyridine rings is 1. The number of ether oxygens (including phenoxy) is 1. The van der Waals surface area contributed by atoms with Crippen molar-refractivity contribution in [1.82, 2.24) is 19.5 Å². The number of benzene rings is 1. The van der Waals surface area contributed by atoms with Crippen LogP contribution in [-0.2, 0) is 14.4 Å². The number of amides is 1. The first-order chi connectivity index (χ1) is 23.4. The van der Waals surface area contributed by atoms with Crippen LogP contribution in [0.3, 0.4) is 0 Å². The molecule has 1 N–H and O–H groups in total. The minimum Gasteiger partial charge on any atom is -0.474 e. The Balaban J connectivity index is 1.45. The third-order valence-electron chi connectivity index (χ3n) is 11.0. The first-order valence-corrected chi connectivity index (χ1v) is 21.7. The molecule has 280 valence electrons. The van der Waals surface area contributed by atoms with Gasteiger partial charge in [0.15, 0.2) is 14.1 Å². The van der Waals surface area contributed by atoms with Crippen molar-refractivity contribution in [2.24, 2.45) is 10.8 Å². The summed E-state index contributed by atoms with van der Waals surface area (Å²) in [6, 6.07) is 12.2. The maximum Gasteiger partial charge on any atom is 0.397 e. The second kappa shape index (κ2) is 13.2. The molecular weight excluding hydrogens is 700 g/mol. The molecule has 1 aliphatic carbocycles. The van der Waals surface area contributed by atoms with Crippen LogP contribution in [0.5, 0.6) is 5.88 Å². The van der Waals surface area contributed by atoms with Crippen LogP contribution in [0.4, 0.5) is 19.0 Å². The number of carbonyl (C=O) groups is 1. The Hall–Kier alpha value is -3.43. The molecule has 2 aliphatic rings. The van der Waals surface area contributed by atoms with Crippen LogP contribution in [0, 0.1) is 10.8 Å². The van der Waals surface area contributed by atoms with Crippen molar-refractivity contribution in [2.75, 3.05) is 18.1 Å². The number of hydrogen-bond donors (Lipinski definition) is 1. The Kier molecular flexibility index (Phi) is 10.0. The molecule has 0 radical (unpaired) electrons. The van der Waals surface area contributed by atoms with E-state index in [0.717, 1.165) is 12.8 Å². The molecule has 1 amide bonds. The van der Waals surface area contributed by atoms with E-state index < -0.39 is 47.5 Å². The maximum absolute atomic E-state index is 14.3. The molecule has 2 atom stereocenters. The van der Waals surface area contributed by atoms with Crippen LogP contribution >= 0.6 is 0 Å². The number of anilines is 1. The van der Waals surface area contributed by atoms with E-state index in [1.165, 1.54) is 22.9 Å². The summed E-state index contributed by atoms with van der Waals surface area (Å²) in [7, 11) is -6.76. The zero-order chi connectivity index (χ0) is 37.8. The Morgan fingerprint density at radius 1 is 1.04 bits per heavy atom. The zero-order valence-corrected chi connectivity index (χ0v) is 32.7. The van der Waals surface area contributed by atoms with E-state index in [1.807, 2.05) is 38.8 Å². The van der Waals surface area contributed by atoms with Crippen LogP contribution in [0.1, 0.15) is 84.5 Å². The van der Waals surface area contributed by atoms with Crippen molar-refractivity contribution >= 4 is 30.1 Å². The summed E-state index contributed by atoms with van der Waals surface area (Å²) in [5.41, 5.74) is -2.40. The molecule has 0 spiro atoms. The van der Waals surface area contributed by atoms with Crippen molar-refractivity contribution < 1.29 is 35.5 Å². The first-order valence-electron chi connectivity index (χ1n) is 17.3. The number of hydrogen-bond acceptors (Lipinski definition) is 8. The molecule has 2 aromatic heterocycles. The Morgan fingerprint density at radius 3 is 2.24 bits per heavy atom. The fourth-order valence-corrected chi connectivity index (χ4v) is 8.95. The minimum atomic E-state index is -4.44.